The maximum Gasteiger partial charge on any atom is 0.273 e. The fourth-order valence-electron chi connectivity index (χ4n) is 2.15. The molecule has 1 aromatic heterocycles. The number of hydrogen-bond donors (Lipinski definition) is 1. The smallest absolute Gasteiger partial charge is 0.273 e. The van der Waals surface area contributed by atoms with Crippen molar-refractivity contribution in [3.05, 3.63) is 42.2 Å². The van der Waals surface area contributed by atoms with E-state index in [9.17, 15) is 4.79 Å². The van der Waals surface area contributed by atoms with Gasteiger partial charge in [0.1, 0.15) is 0 Å². The molecule has 0 spiro atoms. The molecule has 112 valence electrons. The first kappa shape index (κ1) is 15.2. The van der Waals surface area contributed by atoms with Crippen molar-refractivity contribution >= 4 is 5.91 Å². The van der Waals surface area contributed by atoms with Crippen molar-refractivity contribution in [2.45, 2.75) is 45.6 Å². The number of rotatable bonds is 7. The molecule has 0 aliphatic heterocycles. The van der Waals surface area contributed by atoms with Crippen LogP contribution in [0.15, 0.2) is 36.5 Å². The molecule has 0 bridgehead atoms. The summed E-state index contributed by atoms with van der Waals surface area (Å²) in [5.74, 6) is -0.166. The molecule has 5 nitrogen and oxygen atoms in total. The topological polar surface area (TPSA) is 59.8 Å². The van der Waals surface area contributed by atoms with Crippen LogP contribution in [0.1, 0.15) is 50.0 Å². The lowest BCUT2D eigenvalue weighted by molar-refractivity contribution is 0.0933. The lowest BCUT2D eigenvalue weighted by atomic mass is 10.1. The monoisotopic (exact) mass is 286 g/mol. The second-order valence-electron chi connectivity index (χ2n) is 5.25. The number of amides is 1. The van der Waals surface area contributed by atoms with Gasteiger partial charge in [0, 0.05) is 6.04 Å². The minimum Gasteiger partial charge on any atom is -0.348 e. The molecule has 0 radical (unpaired) electrons. The van der Waals surface area contributed by atoms with Crippen LogP contribution in [0.3, 0.4) is 0 Å². The molecule has 1 heterocycles. The first-order chi connectivity index (χ1) is 10.2. The van der Waals surface area contributed by atoms with Crippen LogP contribution >= 0.6 is 0 Å². The van der Waals surface area contributed by atoms with Crippen LogP contribution in [0.5, 0.6) is 0 Å². The predicted octanol–water partition coefficient (Wildman–Crippen LogP) is 2.97. The zero-order valence-electron chi connectivity index (χ0n) is 12.6. The maximum atomic E-state index is 12.1. The highest BCUT2D eigenvalue weighted by molar-refractivity contribution is 5.92. The van der Waals surface area contributed by atoms with E-state index in [1.54, 1.807) is 10.9 Å². The van der Waals surface area contributed by atoms with E-state index in [0.29, 0.717) is 5.69 Å². The second kappa shape index (κ2) is 7.57. The molecular weight excluding hydrogens is 264 g/mol. The first-order valence-corrected chi connectivity index (χ1v) is 7.49. The van der Waals surface area contributed by atoms with Crippen LogP contribution in [0.25, 0.3) is 5.69 Å². The van der Waals surface area contributed by atoms with Crippen molar-refractivity contribution in [3.8, 4) is 5.69 Å². The summed E-state index contributed by atoms with van der Waals surface area (Å²) in [5, 5.41) is 10.9. The van der Waals surface area contributed by atoms with E-state index in [1.807, 2.05) is 37.3 Å². The highest BCUT2D eigenvalue weighted by Crippen LogP contribution is 2.07. The molecule has 1 amide bonds. The summed E-state index contributed by atoms with van der Waals surface area (Å²) < 4.78 is 1.61. The highest BCUT2D eigenvalue weighted by Gasteiger charge is 2.13. The Balaban J connectivity index is 1.93. The fourth-order valence-corrected chi connectivity index (χ4v) is 2.15. The van der Waals surface area contributed by atoms with Gasteiger partial charge in [-0.25, -0.2) is 4.68 Å². The van der Waals surface area contributed by atoms with Gasteiger partial charge >= 0.3 is 0 Å². The predicted molar refractivity (Wildman–Crippen MR) is 82.4 cm³/mol. The van der Waals surface area contributed by atoms with Gasteiger partial charge in [0.25, 0.3) is 5.91 Å². The lowest BCUT2D eigenvalue weighted by Gasteiger charge is -2.12. The molecule has 0 saturated heterocycles. The van der Waals surface area contributed by atoms with Crippen LogP contribution in [-0.2, 0) is 0 Å². The third-order valence-corrected chi connectivity index (χ3v) is 3.36. The van der Waals surface area contributed by atoms with E-state index in [-0.39, 0.29) is 11.9 Å². The minimum atomic E-state index is -0.166. The van der Waals surface area contributed by atoms with Crippen LogP contribution in [0.2, 0.25) is 0 Å². The Kier molecular flexibility index (Phi) is 5.49. The van der Waals surface area contributed by atoms with E-state index in [4.69, 9.17) is 0 Å². The molecule has 2 aromatic rings. The van der Waals surface area contributed by atoms with E-state index in [0.717, 1.165) is 18.5 Å². The Morgan fingerprint density at radius 1 is 1.29 bits per heavy atom. The number of carbonyl (C=O) groups excluding carboxylic acids is 1. The van der Waals surface area contributed by atoms with Gasteiger partial charge in [0.05, 0.1) is 11.9 Å². The highest BCUT2D eigenvalue weighted by atomic mass is 16.2. The molecule has 0 saturated carbocycles. The Bertz CT molecular complexity index is 565. The van der Waals surface area contributed by atoms with E-state index >= 15 is 0 Å². The number of aromatic nitrogens is 3. The third-order valence-electron chi connectivity index (χ3n) is 3.36. The molecule has 1 aromatic carbocycles. The second-order valence-corrected chi connectivity index (χ2v) is 5.25. The van der Waals surface area contributed by atoms with Gasteiger partial charge in [0.2, 0.25) is 0 Å². The van der Waals surface area contributed by atoms with Gasteiger partial charge in [-0.1, -0.05) is 49.6 Å². The molecule has 2 rings (SSSR count). The molecule has 1 unspecified atom stereocenters. The van der Waals surface area contributed by atoms with Crippen molar-refractivity contribution in [2.24, 2.45) is 0 Å². The van der Waals surface area contributed by atoms with Crippen molar-refractivity contribution in [1.82, 2.24) is 20.3 Å². The average Bonchev–Trinajstić information content (AvgIpc) is 2.98. The van der Waals surface area contributed by atoms with Gasteiger partial charge in [-0.3, -0.25) is 4.79 Å². The largest absolute Gasteiger partial charge is 0.348 e. The zero-order chi connectivity index (χ0) is 15.1. The molecule has 5 heteroatoms. The van der Waals surface area contributed by atoms with Gasteiger partial charge < -0.3 is 5.32 Å². The fraction of sp³-hybridized carbons (Fsp3) is 0.438. The normalized spacial score (nSPS) is 12.1. The Morgan fingerprint density at radius 2 is 2.05 bits per heavy atom. The molecule has 1 atom stereocenters. The summed E-state index contributed by atoms with van der Waals surface area (Å²) in [7, 11) is 0. The van der Waals surface area contributed by atoms with Crippen molar-refractivity contribution < 1.29 is 4.79 Å². The van der Waals surface area contributed by atoms with Crippen LogP contribution in [-0.4, -0.2) is 26.9 Å². The Labute approximate surface area is 125 Å². The van der Waals surface area contributed by atoms with Gasteiger partial charge in [-0.2, -0.15) is 0 Å². The number of hydrogen-bond acceptors (Lipinski definition) is 3. The molecular formula is C16H22N4O. The summed E-state index contributed by atoms with van der Waals surface area (Å²) in [4.78, 5) is 12.1. The standard InChI is InChI=1S/C16H22N4O/c1-3-4-6-9-13(2)17-16(21)15-12-20(19-18-15)14-10-7-5-8-11-14/h5,7-8,10-13H,3-4,6,9H2,1-2H3,(H,17,21). The lowest BCUT2D eigenvalue weighted by Crippen LogP contribution is -2.32. The Morgan fingerprint density at radius 3 is 2.76 bits per heavy atom. The molecule has 0 fully saturated rings. The number of unbranched alkanes of at least 4 members (excludes halogenated alkanes) is 2. The van der Waals surface area contributed by atoms with E-state index < -0.39 is 0 Å². The van der Waals surface area contributed by atoms with Gasteiger partial charge in [0.15, 0.2) is 5.69 Å². The summed E-state index contributed by atoms with van der Waals surface area (Å²) in [5.41, 5.74) is 1.24. The van der Waals surface area contributed by atoms with Crippen LogP contribution < -0.4 is 5.32 Å². The van der Waals surface area contributed by atoms with Crippen LogP contribution in [0.4, 0.5) is 0 Å². The molecule has 21 heavy (non-hydrogen) atoms. The van der Waals surface area contributed by atoms with Gasteiger partial charge in [-0.15, -0.1) is 5.10 Å². The summed E-state index contributed by atoms with van der Waals surface area (Å²) in [6.07, 6.45) is 6.17. The summed E-state index contributed by atoms with van der Waals surface area (Å²) in [6.45, 7) is 4.19. The number of carbonyl (C=O) groups is 1. The third kappa shape index (κ3) is 4.41. The zero-order valence-corrected chi connectivity index (χ0v) is 12.6. The van der Waals surface area contributed by atoms with Gasteiger partial charge in [-0.05, 0) is 25.5 Å². The SMILES string of the molecule is CCCCCC(C)NC(=O)c1cn(-c2ccccc2)nn1. The molecule has 1 N–H and O–H groups in total. The van der Waals surface area contributed by atoms with E-state index in [2.05, 4.69) is 22.6 Å². The molecule has 0 aliphatic carbocycles. The summed E-state index contributed by atoms with van der Waals surface area (Å²) >= 11 is 0. The molecule has 0 aliphatic rings. The Hall–Kier alpha value is -2.17. The minimum absolute atomic E-state index is 0.158. The maximum absolute atomic E-state index is 12.1. The van der Waals surface area contributed by atoms with Crippen LogP contribution in [0, 0.1) is 0 Å². The average molecular weight is 286 g/mol. The number of nitrogens with zero attached hydrogens (tertiary/aromatic N) is 3. The van der Waals surface area contributed by atoms with Crippen molar-refractivity contribution in [3.63, 3.8) is 0 Å². The first-order valence-electron chi connectivity index (χ1n) is 7.49. The van der Waals surface area contributed by atoms with Crippen molar-refractivity contribution in [1.29, 1.82) is 0 Å². The number of nitrogens with one attached hydrogen (secondary N) is 1. The number of benzene rings is 1. The quantitative estimate of drug-likeness (QED) is 0.796. The summed E-state index contributed by atoms with van der Waals surface area (Å²) in [6, 6.07) is 9.78. The van der Waals surface area contributed by atoms with Crippen molar-refractivity contribution in [2.75, 3.05) is 0 Å². The number of para-hydroxylation sites is 1. The van der Waals surface area contributed by atoms with E-state index in [1.165, 1.54) is 12.8 Å².